The molecule has 0 atom stereocenters. The molecule has 6 heteroatoms. The van der Waals surface area contributed by atoms with Crippen molar-refractivity contribution in [3.8, 4) is 0 Å². The van der Waals surface area contributed by atoms with E-state index in [4.69, 9.17) is 11.1 Å². The molecule has 0 radical (unpaired) electrons. The van der Waals surface area contributed by atoms with Crippen LogP contribution in [0.1, 0.15) is 13.3 Å². The van der Waals surface area contributed by atoms with Crippen molar-refractivity contribution in [3.63, 3.8) is 0 Å². The molecule has 60 valence electrons. The summed E-state index contributed by atoms with van der Waals surface area (Å²) in [5.74, 6) is -0.818. The molecule has 0 saturated heterocycles. The lowest BCUT2D eigenvalue weighted by atomic mass is 10.5. The Morgan fingerprint density at radius 1 is 1.80 bits per heavy atom. The second-order valence-electron chi connectivity index (χ2n) is 1.34. The van der Waals surface area contributed by atoms with Crippen molar-refractivity contribution in [3.05, 3.63) is 0 Å². The van der Waals surface area contributed by atoms with Gasteiger partial charge in [0.05, 0.1) is 0 Å². The van der Waals surface area contributed by atoms with Crippen LogP contribution in [0.25, 0.3) is 0 Å². The number of hydrogen-bond donors (Lipinski definition) is 3. The fourth-order valence-electron chi connectivity index (χ4n) is 0.184. The maximum atomic E-state index is 10.3. The summed E-state index contributed by atoms with van der Waals surface area (Å²) < 4.78 is 0. The lowest BCUT2D eigenvalue weighted by Gasteiger charge is -2.00. The van der Waals surface area contributed by atoms with Crippen molar-refractivity contribution in [1.29, 1.82) is 5.41 Å². The Bertz CT molecular complexity index is 128. The molecule has 5 nitrogen and oxygen atoms in total. The SMILES string of the molecule is CCC(=O)ONC(=N)N.I. The normalized spacial score (nSPS) is 7.30. The summed E-state index contributed by atoms with van der Waals surface area (Å²) in [6, 6.07) is 0. The smallest absolute Gasteiger partial charge is 0.331 e. The number of hydroxylamine groups is 1. The fourth-order valence-corrected chi connectivity index (χ4v) is 0.184. The molecule has 10 heavy (non-hydrogen) atoms. The molecule has 0 aromatic carbocycles. The second-order valence-corrected chi connectivity index (χ2v) is 1.34. The van der Waals surface area contributed by atoms with Crippen molar-refractivity contribution in [2.75, 3.05) is 0 Å². The minimum absolute atomic E-state index is 0. The van der Waals surface area contributed by atoms with Gasteiger partial charge in [0, 0.05) is 6.42 Å². The van der Waals surface area contributed by atoms with Gasteiger partial charge in [-0.3, -0.25) is 5.41 Å². The molecule has 0 aliphatic carbocycles. The summed E-state index contributed by atoms with van der Waals surface area (Å²) in [5.41, 5.74) is 6.70. The summed E-state index contributed by atoms with van der Waals surface area (Å²) in [4.78, 5) is 14.5. The summed E-state index contributed by atoms with van der Waals surface area (Å²) in [6.45, 7) is 1.64. The zero-order valence-electron chi connectivity index (χ0n) is 5.51. The number of nitrogens with two attached hydrogens (primary N) is 1. The van der Waals surface area contributed by atoms with E-state index >= 15 is 0 Å². The van der Waals surface area contributed by atoms with E-state index in [-0.39, 0.29) is 36.4 Å². The van der Waals surface area contributed by atoms with Crippen LogP contribution in [0.3, 0.4) is 0 Å². The number of nitrogens with one attached hydrogen (secondary N) is 2. The maximum absolute atomic E-state index is 10.3. The molecule has 0 aliphatic rings. The molecule has 0 unspecified atom stereocenters. The van der Waals surface area contributed by atoms with Gasteiger partial charge in [-0.25, -0.2) is 4.79 Å². The summed E-state index contributed by atoms with van der Waals surface area (Å²) >= 11 is 0. The highest BCUT2D eigenvalue weighted by Gasteiger charge is 1.96. The van der Waals surface area contributed by atoms with Crippen LogP contribution in [-0.2, 0) is 9.63 Å². The topological polar surface area (TPSA) is 88.2 Å². The Balaban J connectivity index is 0. The predicted molar refractivity (Wildman–Crippen MR) is 46.8 cm³/mol. The quantitative estimate of drug-likeness (QED) is 0.267. The van der Waals surface area contributed by atoms with Crippen LogP contribution in [-0.4, -0.2) is 11.9 Å². The van der Waals surface area contributed by atoms with Gasteiger partial charge in [0.15, 0.2) is 0 Å². The molecule has 0 aromatic rings. The van der Waals surface area contributed by atoms with E-state index in [0.717, 1.165) is 0 Å². The molecule has 0 aromatic heterocycles. The highest BCUT2D eigenvalue weighted by Crippen LogP contribution is 1.77. The van der Waals surface area contributed by atoms with Crippen LogP contribution < -0.4 is 11.2 Å². The van der Waals surface area contributed by atoms with Crippen LogP contribution in [0, 0.1) is 5.41 Å². The number of rotatable bonds is 1. The lowest BCUT2D eigenvalue weighted by molar-refractivity contribution is -0.147. The van der Waals surface area contributed by atoms with Crippen molar-refractivity contribution in [1.82, 2.24) is 5.48 Å². The molecule has 0 bridgehead atoms. The number of carbonyl (C=O) groups excluding carboxylic acids is 1. The van der Waals surface area contributed by atoms with Crippen LogP contribution >= 0.6 is 24.0 Å². The summed E-state index contributed by atoms with van der Waals surface area (Å²) in [7, 11) is 0. The first-order chi connectivity index (χ1) is 4.16. The van der Waals surface area contributed by atoms with Gasteiger partial charge in [0.1, 0.15) is 0 Å². The van der Waals surface area contributed by atoms with E-state index in [1.54, 1.807) is 6.92 Å². The molecule has 0 heterocycles. The fraction of sp³-hybridized carbons (Fsp3) is 0.500. The number of halogens is 1. The largest absolute Gasteiger partial charge is 0.368 e. The average molecular weight is 259 g/mol. The molecule has 0 spiro atoms. The van der Waals surface area contributed by atoms with Crippen LogP contribution in [0.5, 0.6) is 0 Å². The van der Waals surface area contributed by atoms with Crippen molar-refractivity contribution < 1.29 is 9.63 Å². The van der Waals surface area contributed by atoms with Gasteiger partial charge in [-0.05, 0) is 0 Å². The Labute approximate surface area is 75.8 Å². The van der Waals surface area contributed by atoms with E-state index in [1.165, 1.54) is 0 Å². The first-order valence-corrected chi connectivity index (χ1v) is 2.46. The van der Waals surface area contributed by atoms with Gasteiger partial charge in [-0.1, -0.05) is 6.92 Å². The summed E-state index contributed by atoms with van der Waals surface area (Å²) in [6.07, 6.45) is 0.264. The molecule has 0 fully saturated rings. The Morgan fingerprint density at radius 3 is 2.60 bits per heavy atom. The van der Waals surface area contributed by atoms with Crippen molar-refractivity contribution in [2.24, 2.45) is 5.73 Å². The zero-order valence-corrected chi connectivity index (χ0v) is 7.84. The van der Waals surface area contributed by atoms with Gasteiger partial charge in [0.2, 0.25) is 5.96 Å². The van der Waals surface area contributed by atoms with E-state index < -0.39 is 5.97 Å². The molecule has 0 saturated carbocycles. The van der Waals surface area contributed by atoms with E-state index in [1.807, 2.05) is 5.48 Å². The zero-order chi connectivity index (χ0) is 7.28. The standard InChI is InChI=1S/C4H9N3O2.HI/c1-2-3(8)9-7-4(5)6;/h2H2,1H3,(H4,5,6,7);1H. The van der Waals surface area contributed by atoms with Gasteiger partial charge >= 0.3 is 5.97 Å². The molecule has 0 aliphatic heterocycles. The minimum Gasteiger partial charge on any atom is -0.368 e. The van der Waals surface area contributed by atoms with Gasteiger partial charge < -0.3 is 10.6 Å². The van der Waals surface area contributed by atoms with E-state index in [2.05, 4.69) is 4.84 Å². The summed E-state index contributed by atoms with van der Waals surface area (Å²) in [5, 5.41) is 6.55. The molecule has 0 rings (SSSR count). The van der Waals surface area contributed by atoms with Crippen LogP contribution in [0.2, 0.25) is 0 Å². The van der Waals surface area contributed by atoms with Crippen LogP contribution in [0.15, 0.2) is 0 Å². The first-order valence-electron chi connectivity index (χ1n) is 2.46. The van der Waals surface area contributed by atoms with Crippen molar-refractivity contribution in [2.45, 2.75) is 13.3 Å². The molecule has 4 N–H and O–H groups in total. The third-order valence-electron chi connectivity index (χ3n) is 0.563. The highest BCUT2D eigenvalue weighted by atomic mass is 127. The van der Waals surface area contributed by atoms with E-state index in [0.29, 0.717) is 0 Å². The third-order valence-corrected chi connectivity index (χ3v) is 0.563. The van der Waals surface area contributed by atoms with Gasteiger partial charge in [-0.2, -0.15) is 5.48 Å². The Kier molecular flexibility index (Phi) is 8.02. The minimum atomic E-state index is -0.440. The van der Waals surface area contributed by atoms with Crippen LogP contribution in [0.4, 0.5) is 0 Å². The lowest BCUT2D eigenvalue weighted by Crippen LogP contribution is -2.32. The second kappa shape index (κ2) is 6.59. The van der Waals surface area contributed by atoms with E-state index in [9.17, 15) is 4.79 Å². The molecular weight excluding hydrogens is 249 g/mol. The maximum Gasteiger partial charge on any atom is 0.331 e. The number of guanidine groups is 1. The molecular formula is C4H10IN3O2. The predicted octanol–water partition coefficient (Wildman–Crippen LogP) is -0.0443. The van der Waals surface area contributed by atoms with Gasteiger partial charge in [-0.15, -0.1) is 24.0 Å². The first kappa shape index (κ1) is 12.2. The highest BCUT2D eigenvalue weighted by molar-refractivity contribution is 14.0. The monoisotopic (exact) mass is 259 g/mol. The van der Waals surface area contributed by atoms with Crippen molar-refractivity contribution >= 4 is 35.9 Å². The van der Waals surface area contributed by atoms with Gasteiger partial charge in [0.25, 0.3) is 0 Å². The number of hydrogen-bond acceptors (Lipinski definition) is 3. The molecule has 0 amide bonds. The Morgan fingerprint density at radius 2 is 2.30 bits per heavy atom. The third kappa shape index (κ3) is 7.47. The average Bonchev–Trinajstić information content (AvgIpc) is 1.83. The number of carbonyl (C=O) groups is 1. The Hall–Kier alpha value is -0.530.